The third-order valence-electron chi connectivity index (χ3n) is 5.65. The summed E-state index contributed by atoms with van der Waals surface area (Å²) in [4.78, 5) is 14.8. The number of hydrogen-bond donors (Lipinski definition) is 1. The Morgan fingerprint density at radius 3 is 2.43 bits per heavy atom. The van der Waals surface area contributed by atoms with E-state index in [-0.39, 0.29) is 50.5 Å². The van der Waals surface area contributed by atoms with E-state index in [0.29, 0.717) is 0 Å². The predicted octanol–water partition coefficient (Wildman–Crippen LogP) is 5.60. The molecular weight excluding hydrogens is 528 g/mol. The number of benzene rings is 2. The van der Waals surface area contributed by atoms with Crippen molar-refractivity contribution in [2.45, 2.75) is 50.5 Å². The third kappa shape index (κ3) is 7.49. The number of piperidine rings is 1. The second kappa shape index (κ2) is 11.4. The molecule has 1 fully saturated rings. The fourth-order valence-electron chi connectivity index (χ4n) is 3.88. The Morgan fingerprint density at radius 1 is 1.11 bits per heavy atom. The van der Waals surface area contributed by atoms with Crippen molar-refractivity contribution < 1.29 is 31.1 Å². The van der Waals surface area contributed by atoms with Crippen LogP contribution in [0, 0.1) is 0 Å². The van der Waals surface area contributed by atoms with Crippen molar-refractivity contribution in [3.63, 3.8) is 0 Å². The zero-order chi connectivity index (χ0) is 25.8. The summed E-state index contributed by atoms with van der Waals surface area (Å²) < 4.78 is 68.3. The van der Waals surface area contributed by atoms with E-state index in [4.69, 9.17) is 23.2 Å². The summed E-state index contributed by atoms with van der Waals surface area (Å²) in [6.45, 7) is 2.89. The second-order valence-electron chi connectivity index (χ2n) is 8.16. The monoisotopic (exact) mass is 552 g/mol. The van der Waals surface area contributed by atoms with Gasteiger partial charge in [-0.3, -0.25) is 9.69 Å². The van der Waals surface area contributed by atoms with Gasteiger partial charge in [0.2, 0.25) is 0 Å². The molecule has 2 aromatic rings. The number of likely N-dealkylation sites (tertiary alicyclic amines) is 1. The molecule has 0 atom stereocenters. The number of alkyl halides is 3. The molecule has 192 valence electrons. The number of nitrogens with one attached hydrogen (secondary N) is 1. The number of ether oxygens (including phenoxy) is 1. The fraction of sp³-hybridized carbons (Fsp3) is 0.435. The molecule has 0 spiro atoms. The summed E-state index contributed by atoms with van der Waals surface area (Å²) in [6.07, 6.45) is -2.04. The Labute approximate surface area is 212 Å². The van der Waals surface area contributed by atoms with Gasteiger partial charge in [0.15, 0.2) is 9.84 Å². The van der Waals surface area contributed by atoms with E-state index in [1.54, 1.807) is 0 Å². The van der Waals surface area contributed by atoms with Crippen LogP contribution in [0.15, 0.2) is 35.2 Å². The summed E-state index contributed by atoms with van der Waals surface area (Å²) in [5.74, 6) is -1.44. The SMILES string of the molecule is CCS(=O)(=O)c1ccc(Cl)cc1CNC(=O)c1cc(Cl)c(CN2CCCCC2)c(OC(F)(F)F)c1. The molecule has 0 unspecified atom stereocenters. The molecule has 0 radical (unpaired) electrons. The molecule has 1 saturated heterocycles. The Kier molecular flexibility index (Phi) is 8.96. The molecule has 1 N–H and O–H groups in total. The maximum Gasteiger partial charge on any atom is 0.573 e. The van der Waals surface area contributed by atoms with Crippen molar-refractivity contribution in [1.29, 1.82) is 0 Å². The summed E-state index contributed by atoms with van der Waals surface area (Å²) in [6, 6.07) is 6.47. The number of rotatable bonds is 8. The van der Waals surface area contributed by atoms with Gasteiger partial charge in [0.05, 0.1) is 10.6 Å². The minimum absolute atomic E-state index is 0.0145. The molecular formula is C23H25Cl2F3N2O4S. The lowest BCUT2D eigenvalue weighted by atomic mass is 10.1. The minimum atomic E-state index is -4.97. The van der Waals surface area contributed by atoms with Crippen LogP contribution in [0.25, 0.3) is 0 Å². The van der Waals surface area contributed by atoms with Crippen molar-refractivity contribution in [2.24, 2.45) is 0 Å². The first-order valence-electron chi connectivity index (χ1n) is 11.0. The van der Waals surface area contributed by atoms with Gasteiger partial charge in [-0.1, -0.05) is 36.5 Å². The van der Waals surface area contributed by atoms with E-state index in [2.05, 4.69) is 10.1 Å². The molecule has 0 saturated carbocycles. The van der Waals surface area contributed by atoms with Crippen LogP contribution in [0.2, 0.25) is 10.0 Å². The number of amides is 1. The molecule has 35 heavy (non-hydrogen) atoms. The Bertz CT molecular complexity index is 1180. The van der Waals surface area contributed by atoms with E-state index in [0.717, 1.165) is 38.4 Å². The lowest BCUT2D eigenvalue weighted by Gasteiger charge is -2.28. The van der Waals surface area contributed by atoms with Gasteiger partial charge in [-0.25, -0.2) is 8.42 Å². The fourth-order valence-corrected chi connectivity index (χ4v) is 5.46. The normalized spacial score (nSPS) is 15.1. The lowest BCUT2D eigenvalue weighted by Crippen LogP contribution is -2.30. The highest BCUT2D eigenvalue weighted by molar-refractivity contribution is 7.91. The number of carbonyl (C=O) groups is 1. The molecule has 0 bridgehead atoms. The molecule has 0 aliphatic carbocycles. The number of nitrogens with zero attached hydrogens (tertiary/aromatic N) is 1. The predicted molar refractivity (Wildman–Crippen MR) is 128 cm³/mol. The molecule has 6 nitrogen and oxygen atoms in total. The Hall–Kier alpha value is -2.01. The van der Waals surface area contributed by atoms with Gasteiger partial charge in [-0.15, -0.1) is 13.2 Å². The van der Waals surface area contributed by atoms with E-state index in [1.807, 2.05) is 4.90 Å². The van der Waals surface area contributed by atoms with Crippen molar-refractivity contribution >= 4 is 38.9 Å². The van der Waals surface area contributed by atoms with Crippen LogP contribution in [0.3, 0.4) is 0 Å². The van der Waals surface area contributed by atoms with Gasteiger partial charge in [0.25, 0.3) is 5.91 Å². The highest BCUT2D eigenvalue weighted by Crippen LogP contribution is 2.34. The zero-order valence-corrected chi connectivity index (χ0v) is 21.3. The van der Waals surface area contributed by atoms with Crippen molar-refractivity contribution in [1.82, 2.24) is 10.2 Å². The van der Waals surface area contributed by atoms with Crippen LogP contribution in [0.1, 0.15) is 47.7 Å². The average Bonchev–Trinajstić information content (AvgIpc) is 2.79. The highest BCUT2D eigenvalue weighted by atomic mass is 35.5. The van der Waals surface area contributed by atoms with Crippen LogP contribution >= 0.6 is 23.2 Å². The topological polar surface area (TPSA) is 75.7 Å². The molecule has 1 aliphatic heterocycles. The average molecular weight is 553 g/mol. The molecule has 0 aromatic heterocycles. The highest BCUT2D eigenvalue weighted by Gasteiger charge is 2.33. The Morgan fingerprint density at radius 2 is 1.80 bits per heavy atom. The maximum absolute atomic E-state index is 13.1. The van der Waals surface area contributed by atoms with E-state index < -0.39 is 27.9 Å². The van der Waals surface area contributed by atoms with Crippen LogP contribution in [0.4, 0.5) is 13.2 Å². The molecule has 1 heterocycles. The number of sulfone groups is 1. The first-order valence-corrected chi connectivity index (χ1v) is 13.4. The number of carbonyl (C=O) groups excluding carboxylic acids is 1. The third-order valence-corrected chi connectivity index (χ3v) is 8.05. The van der Waals surface area contributed by atoms with Gasteiger partial charge >= 0.3 is 6.36 Å². The Balaban J connectivity index is 1.87. The second-order valence-corrected chi connectivity index (χ2v) is 11.2. The van der Waals surface area contributed by atoms with Crippen LogP contribution in [0.5, 0.6) is 5.75 Å². The lowest BCUT2D eigenvalue weighted by molar-refractivity contribution is -0.275. The van der Waals surface area contributed by atoms with Gasteiger partial charge in [0.1, 0.15) is 5.75 Å². The van der Waals surface area contributed by atoms with Crippen molar-refractivity contribution in [3.8, 4) is 5.75 Å². The summed E-state index contributed by atoms with van der Waals surface area (Å²) in [5, 5.41) is 2.77. The van der Waals surface area contributed by atoms with Crippen LogP contribution in [-0.2, 0) is 22.9 Å². The first-order chi connectivity index (χ1) is 16.4. The van der Waals surface area contributed by atoms with Gasteiger partial charge in [-0.05, 0) is 61.8 Å². The number of hydrogen-bond acceptors (Lipinski definition) is 5. The van der Waals surface area contributed by atoms with E-state index >= 15 is 0 Å². The van der Waals surface area contributed by atoms with Gasteiger partial charge in [-0.2, -0.15) is 0 Å². The summed E-state index contributed by atoms with van der Waals surface area (Å²) >= 11 is 12.3. The largest absolute Gasteiger partial charge is 0.573 e. The maximum atomic E-state index is 13.1. The first kappa shape index (κ1) is 27.6. The van der Waals surface area contributed by atoms with Gasteiger partial charge in [0, 0.05) is 34.3 Å². The molecule has 3 rings (SSSR count). The van der Waals surface area contributed by atoms with E-state index in [1.165, 1.54) is 31.2 Å². The standard InChI is InChI=1S/C23H25Cl2F3N2O4S/c1-2-35(32,33)21-7-6-17(24)10-16(21)13-29-22(31)15-11-19(25)18(14-30-8-4-3-5-9-30)20(12-15)34-23(26,27)28/h6-7,10-12H,2-5,8-9,13-14H2,1H3,(H,29,31). The quantitative estimate of drug-likeness (QED) is 0.461. The smallest absolute Gasteiger partial charge is 0.405 e. The minimum Gasteiger partial charge on any atom is -0.405 e. The molecule has 1 aliphatic rings. The molecule has 1 amide bonds. The summed E-state index contributed by atoms with van der Waals surface area (Å²) in [5.41, 5.74) is 0.249. The molecule has 2 aromatic carbocycles. The van der Waals surface area contributed by atoms with Crippen LogP contribution in [-0.4, -0.2) is 44.4 Å². The van der Waals surface area contributed by atoms with Crippen molar-refractivity contribution in [2.75, 3.05) is 18.8 Å². The van der Waals surface area contributed by atoms with Crippen molar-refractivity contribution in [3.05, 3.63) is 57.1 Å². The zero-order valence-electron chi connectivity index (χ0n) is 18.9. The molecule has 12 heteroatoms. The van der Waals surface area contributed by atoms with Crippen LogP contribution < -0.4 is 10.1 Å². The van der Waals surface area contributed by atoms with E-state index in [9.17, 15) is 26.4 Å². The number of halogens is 5. The van der Waals surface area contributed by atoms with Gasteiger partial charge < -0.3 is 10.1 Å². The summed E-state index contributed by atoms with van der Waals surface area (Å²) in [7, 11) is -3.59.